The zero-order valence-electron chi connectivity index (χ0n) is 14.7. The van der Waals surface area contributed by atoms with Gasteiger partial charge in [-0.2, -0.15) is 0 Å². The minimum Gasteiger partial charge on any atom is -0.325 e. The van der Waals surface area contributed by atoms with Gasteiger partial charge in [0.15, 0.2) is 0 Å². The van der Waals surface area contributed by atoms with Crippen molar-refractivity contribution in [2.24, 2.45) is 0 Å². The van der Waals surface area contributed by atoms with Crippen LogP contribution in [0.1, 0.15) is 19.4 Å². The molecular formula is C18H22ClN3O3S. The number of urea groups is 1. The first-order valence-electron chi connectivity index (χ1n) is 8.25. The summed E-state index contributed by atoms with van der Waals surface area (Å²) in [7, 11) is -3.65. The summed E-state index contributed by atoms with van der Waals surface area (Å²) in [6.45, 7) is 5.16. The molecule has 0 saturated carbocycles. The molecule has 0 unspecified atom stereocenters. The number of rotatable bonds is 7. The van der Waals surface area contributed by atoms with Gasteiger partial charge in [-0.3, -0.25) is 0 Å². The number of carbonyl (C=O) groups is 1. The number of hydrogen-bond donors (Lipinski definition) is 2. The Kier molecular flexibility index (Phi) is 7.02. The fourth-order valence-corrected chi connectivity index (χ4v) is 3.44. The van der Waals surface area contributed by atoms with E-state index < -0.39 is 10.0 Å². The summed E-state index contributed by atoms with van der Waals surface area (Å²) in [5.41, 5.74) is 1.35. The van der Waals surface area contributed by atoms with Gasteiger partial charge in [-0.05, 0) is 55.8 Å². The van der Waals surface area contributed by atoms with Gasteiger partial charge in [0.05, 0.1) is 4.90 Å². The molecule has 0 saturated heterocycles. The zero-order valence-corrected chi connectivity index (χ0v) is 16.3. The molecule has 2 amide bonds. The molecule has 0 aromatic heterocycles. The summed E-state index contributed by atoms with van der Waals surface area (Å²) in [5.74, 6) is 0. The van der Waals surface area contributed by atoms with E-state index >= 15 is 0 Å². The summed E-state index contributed by atoms with van der Waals surface area (Å²) < 4.78 is 27.3. The number of nitrogens with one attached hydrogen (secondary N) is 2. The lowest BCUT2D eigenvalue weighted by Crippen LogP contribution is -2.34. The minimum atomic E-state index is -3.65. The second kappa shape index (κ2) is 9.02. The van der Waals surface area contributed by atoms with Crippen LogP contribution in [0.2, 0.25) is 5.02 Å². The quantitative estimate of drug-likeness (QED) is 0.750. The van der Waals surface area contributed by atoms with E-state index in [2.05, 4.69) is 10.0 Å². The number of hydrogen-bond acceptors (Lipinski definition) is 3. The summed E-state index contributed by atoms with van der Waals surface area (Å²) in [6, 6.07) is 12.8. The van der Waals surface area contributed by atoms with Crippen molar-refractivity contribution in [1.29, 1.82) is 0 Å². The summed E-state index contributed by atoms with van der Waals surface area (Å²) in [4.78, 5) is 13.8. The number of anilines is 1. The lowest BCUT2D eigenvalue weighted by molar-refractivity contribution is 0.217. The molecule has 0 aliphatic carbocycles. The van der Waals surface area contributed by atoms with Crippen LogP contribution in [-0.2, 0) is 16.6 Å². The van der Waals surface area contributed by atoms with E-state index in [0.29, 0.717) is 23.8 Å². The predicted molar refractivity (Wildman–Crippen MR) is 104 cm³/mol. The molecule has 2 aromatic carbocycles. The summed E-state index contributed by atoms with van der Waals surface area (Å²) in [5, 5.41) is 3.34. The first-order chi connectivity index (χ1) is 12.4. The molecule has 2 rings (SSSR count). The second-order valence-electron chi connectivity index (χ2n) is 5.58. The lowest BCUT2D eigenvalue weighted by atomic mass is 10.2. The van der Waals surface area contributed by atoms with E-state index in [4.69, 9.17) is 11.6 Å². The van der Waals surface area contributed by atoms with Gasteiger partial charge < -0.3 is 10.2 Å². The van der Waals surface area contributed by atoms with Crippen LogP contribution in [0.5, 0.6) is 0 Å². The second-order valence-corrected chi connectivity index (χ2v) is 7.78. The zero-order chi connectivity index (χ0) is 19.2. The largest absolute Gasteiger partial charge is 0.325 e. The van der Waals surface area contributed by atoms with Crippen molar-refractivity contribution in [3.63, 3.8) is 0 Å². The van der Waals surface area contributed by atoms with Crippen LogP contribution in [0.4, 0.5) is 10.5 Å². The normalized spacial score (nSPS) is 11.2. The highest BCUT2D eigenvalue weighted by atomic mass is 35.5. The molecule has 0 heterocycles. The van der Waals surface area contributed by atoms with Gasteiger partial charge in [0.2, 0.25) is 10.0 Å². The van der Waals surface area contributed by atoms with Gasteiger partial charge in [0, 0.05) is 30.3 Å². The van der Waals surface area contributed by atoms with Crippen LogP contribution in [0.15, 0.2) is 53.4 Å². The maximum absolute atomic E-state index is 12.4. The lowest BCUT2D eigenvalue weighted by Gasteiger charge is -2.19. The maximum atomic E-state index is 12.4. The van der Waals surface area contributed by atoms with Crippen LogP contribution < -0.4 is 10.0 Å². The van der Waals surface area contributed by atoms with E-state index in [0.717, 1.165) is 5.56 Å². The first-order valence-corrected chi connectivity index (χ1v) is 10.1. The smallest absolute Gasteiger partial charge is 0.321 e. The number of benzene rings is 2. The monoisotopic (exact) mass is 395 g/mol. The van der Waals surface area contributed by atoms with Crippen LogP contribution >= 0.6 is 11.6 Å². The van der Waals surface area contributed by atoms with Gasteiger partial charge in [-0.15, -0.1) is 0 Å². The number of nitrogens with zero attached hydrogens (tertiary/aromatic N) is 1. The fraction of sp³-hybridized carbons (Fsp3) is 0.278. The third-order valence-electron chi connectivity index (χ3n) is 3.85. The molecular weight excluding hydrogens is 374 g/mol. The number of amides is 2. The first kappa shape index (κ1) is 20.2. The number of sulfonamides is 1. The van der Waals surface area contributed by atoms with E-state index in [1.807, 2.05) is 13.8 Å². The van der Waals surface area contributed by atoms with Gasteiger partial charge in [-0.1, -0.05) is 23.7 Å². The van der Waals surface area contributed by atoms with Crippen molar-refractivity contribution in [1.82, 2.24) is 9.62 Å². The molecule has 2 N–H and O–H groups in total. The Morgan fingerprint density at radius 2 is 1.58 bits per heavy atom. The van der Waals surface area contributed by atoms with Crippen molar-refractivity contribution in [3.05, 3.63) is 59.1 Å². The molecule has 0 radical (unpaired) electrons. The molecule has 26 heavy (non-hydrogen) atoms. The minimum absolute atomic E-state index is 0.132. The molecule has 0 aliphatic rings. The van der Waals surface area contributed by atoms with E-state index in [1.54, 1.807) is 41.3 Å². The summed E-state index contributed by atoms with van der Waals surface area (Å²) in [6.07, 6.45) is 0. The van der Waals surface area contributed by atoms with Crippen LogP contribution in [0, 0.1) is 0 Å². The van der Waals surface area contributed by atoms with Crippen molar-refractivity contribution in [2.75, 3.05) is 18.4 Å². The predicted octanol–water partition coefficient (Wildman–Crippen LogP) is 3.69. The number of halogens is 1. The van der Waals surface area contributed by atoms with Gasteiger partial charge in [-0.25, -0.2) is 17.9 Å². The molecule has 6 nitrogen and oxygen atoms in total. The van der Waals surface area contributed by atoms with E-state index in [9.17, 15) is 13.2 Å². The highest BCUT2D eigenvalue weighted by Gasteiger charge is 2.14. The Balaban J connectivity index is 2.01. The molecule has 0 atom stereocenters. The molecule has 2 aromatic rings. The SMILES string of the molecule is CCN(CC)C(=O)Nc1ccc(S(=O)(=O)NCc2ccc(Cl)cc2)cc1. The Bertz CT molecular complexity index is 833. The fourth-order valence-electron chi connectivity index (χ4n) is 2.29. The van der Waals surface area contributed by atoms with E-state index in [-0.39, 0.29) is 17.5 Å². The van der Waals surface area contributed by atoms with Crippen LogP contribution in [0.25, 0.3) is 0 Å². The van der Waals surface area contributed by atoms with Crippen molar-refractivity contribution in [3.8, 4) is 0 Å². The molecule has 140 valence electrons. The third-order valence-corrected chi connectivity index (χ3v) is 5.52. The topological polar surface area (TPSA) is 78.5 Å². The van der Waals surface area contributed by atoms with Gasteiger partial charge >= 0.3 is 6.03 Å². The van der Waals surface area contributed by atoms with Gasteiger partial charge in [0.25, 0.3) is 0 Å². The number of carbonyl (C=O) groups excluding carboxylic acids is 1. The standard InChI is InChI=1S/C18H22ClN3O3S/c1-3-22(4-2)18(23)21-16-9-11-17(12-10-16)26(24,25)20-13-14-5-7-15(19)8-6-14/h5-12,20H,3-4,13H2,1-2H3,(H,21,23). The maximum Gasteiger partial charge on any atom is 0.321 e. The Morgan fingerprint density at radius 3 is 2.12 bits per heavy atom. The Labute approximate surface area is 159 Å². The van der Waals surface area contributed by atoms with E-state index in [1.165, 1.54) is 12.1 Å². The highest BCUT2D eigenvalue weighted by molar-refractivity contribution is 7.89. The average Bonchev–Trinajstić information content (AvgIpc) is 2.63. The molecule has 0 aliphatic heterocycles. The molecule has 0 bridgehead atoms. The Hall–Kier alpha value is -2.09. The highest BCUT2D eigenvalue weighted by Crippen LogP contribution is 2.15. The van der Waals surface area contributed by atoms with Crippen molar-refractivity contribution >= 4 is 33.3 Å². The van der Waals surface area contributed by atoms with Crippen molar-refractivity contribution in [2.45, 2.75) is 25.3 Å². The molecule has 8 heteroatoms. The van der Waals surface area contributed by atoms with Gasteiger partial charge in [0.1, 0.15) is 0 Å². The van der Waals surface area contributed by atoms with Crippen LogP contribution in [0.3, 0.4) is 0 Å². The van der Waals surface area contributed by atoms with Crippen LogP contribution in [-0.4, -0.2) is 32.4 Å². The molecule has 0 spiro atoms. The average molecular weight is 396 g/mol. The molecule has 0 fully saturated rings. The van der Waals surface area contributed by atoms with Crippen molar-refractivity contribution < 1.29 is 13.2 Å². The Morgan fingerprint density at radius 1 is 1.00 bits per heavy atom. The summed E-state index contributed by atoms with van der Waals surface area (Å²) >= 11 is 5.81. The third kappa shape index (κ3) is 5.45.